The highest BCUT2D eigenvalue weighted by atomic mass is 32.2. The molecule has 1 saturated carbocycles. The number of hydrogen-bond acceptors (Lipinski definition) is 5. The maximum Gasteiger partial charge on any atom is 0.328 e. The Hall–Kier alpha value is -2.67. The third-order valence-electron chi connectivity index (χ3n) is 5.93. The Morgan fingerprint density at radius 1 is 0.935 bits per heavy atom. The van der Waals surface area contributed by atoms with Gasteiger partial charge in [0.15, 0.2) is 21.2 Å². The van der Waals surface area contributed by atoms with E-state index in [1.165, 1.54) is 6.07 Å². The van der Waals surface area contributed by atoms with Gasteiger partial charge in [0.05, 0.1) is 4.90 Å². The number of nitrogens with one attached hydrogen (secondary N) is 1. The normalized spacial score (nSPS) is 15.5. The zero-order valence-corrected chi connectivity index (χ0v) is 19.3. The number of amides is 1. The third-order valence-corrected chi connectivity index (χ3v) is 8.40. The summed E-state index contributed by atoms with van der Waals surface area (Å²) in [4.78, 5) is 25.5. The van der Waals surface area contributed by atoms with E-state index in [9.17, 15) is 18.0 Å². The molecule has 31 heavy (non-hydrogen) atoms. The molecule has 1 aliphatic rings. The second-order valence-corrected chi connectivity index (χ2v) is 10.7. The van der Waals surface area contributed by atoms with Crippen molar-refractivity contribution >= 4 is 27.4 Å². The molecule has 0 radical (unpaired) electrons. The number of ether oxygens (including phenoxy) is 1. The van der Waals surface area contributed by atoms with Gasteiger partial charge in [-0.25, -0.2) is 8.42 Å². The van der Waals surface area contributed by atoms with Gasteiger partial charge in [-0.15, -0.1) is 0 Å². The van der Waals surface area contributed by atoms with Gasteiger partial charge in [0.2, 0.25) is 0 Å². The highest BCUT2D eigenvalue weighted by Crippen LogP contribution is 2.41. The van der Waals surface area contributed by atoms with Crippen molar-refractivity contribution in [3.8, 4) is 0 Å². The number of carbonyl (C=O) groups excluding carboxylic acids is 2. The average Bonchev–Trinajstić information content (AvgIpc) is 3.19. The van der Waals surface area contributed by atoms with Crippen LogP contribution >= 0.6 is 0 Å². The second kappa shape index (κ2) is 8.83. The Morgan fingerprint density at radius 3 is 2.13 bits per heavy atom. The van der Waals surface area contributed by atoms with Crippen LogP contribution in [0.5, 0.6) is 0 Å². The van der Waals surface area contributed by atoms with Gasteiger partial charge in [-0.3, -0.25) is 9.59 Å². The fourth-order valence-corrected chi connectivity index (χ4v) is 6.28. The first-order valence-corrected chi connectivity index (χ1v) is 11.9. The third kappa shape index (κ3) is 4.66. The van der Waals surface area contributed by atoms with Gasteiger partial charge in [0.25, 0.3) is 5.91 Å². The maximum absolute atomic E-state index is 13.5. The van der Waals surface area contributed by atoms with E-state index >= 15 is 0 Å². The van der Waals surface area contributed by atoms with Gasteiger partial charge >= 0.3 is 5.97 Å². The molecule has 0 saturated heterocycles. The molecule has 7 heteroatoms. The van der Waals surface area contributed by atoms with E-state index in [1.807, 2.05) is 45.9 Å². The lowest BCUT2D eigenvalue weighted by molar-refractivity contribution is -0.149. The first-order chi connectivity index (χ1) is 14.5. The Balaban J connectivity index is 1.77. The number of sulfone groups is 1. The summed E-state index contributed by atoms with van der Waals surface area (Å²) >= 11 is 0. The molecule has 0 atom stereocenters. The highest BCUT2D eigenvalue weighted by molar-refractivity contribution is 7.93. The molecule has 0 bridgehead atoms. The number of esters is 1. The van der Waals surface area contributed by atoms with Crippen LogP contribution < -0.4 is 5.32 Å². The predicted octanol–water partition coefficient (Wildman–Crippen LogP) is 4.19. The van der Waals surface area contributed by atoms with Gasteiger partial charge in [-0.05, 0) is 87.1 Å². The van der Waals surface area contributed by atoms with E-state index in [4.69, 9.17) is 4.74 Å². The van der Waals surface area contributed by atoms with E-state index in [0.29, 0.717) is 18.5 Å². The van der Waals surface area contributed by atoms with Crippen molar-refractivity contribution in [3.63, 3.8) is 0 Å². The van der Waals surface area contributed by atoms with Crippen LogP contribution in [0.4, 0.5) is 5.69 Å². The molecule has 1 amide bonds. The minimum Gasteiger partial charge on any atom is -0.454 e. The molecule has 2 aromatic rings. The summed E-state index contributed by atoms with van der Waals surface area (Å²) in [5.41, 5.74) is 4.42. The lowest BCUT2D eigenvalue weighted by Crippen LogP contribution is -2.46. The monoisotopic (exact) mass is 443 g/mol. The number of aryl methyl sites for hydroxylation is 4. The number of hydrogen-bond donors (Lipinski definition) is 1. The Kier molecular flexibility index (Phi) is 6.55. The molecular weight excluding hydrogens is 414 g/mol. The van der Waals surface area contributed by atoms with Crippen molar-refractivity contribution in [2.45, 2.75) is 63.0 Å². The lowest BCUT2D eigenvalue weighted by atomic mass is 10.1. The van der Waals surface area contributed by atoms with Crippen molar-refractivity contribution in [1.82, 2.24) is 0 Å². The largest absolute Gasteiger partial charge is 0.454 e. The van der Waals surface area contributed by atoms with Crippen LogP contribution in [-0.2, 0) is 24.2 Å². The molecule has 6 nitrogen and oxygen atoms in total. The van der Waals surface area contributed by atoms with Gasteiger partial charge < -0.3 is 10.1 Å². The van der Waals surface area contributed by atoms with E-state index in [-0.39, 0.29) is 17.7 Å². The van der Waals surface area contributed by atoms with Crippen LogP contribution in [0.15, 0.2) is 41.3 Å². The molecule has 1 N–H and O–H groups in total. The summed E-state index contributed by atoms with van der Waals surface area (Å²) in [6.45, 7) is 7.05. The zero-order valence-electron chi connectivity index (χ0n) is 18.4. The molecule has 3 rings (SSSR count). The molecular formula is C24H29NO5S. The fourth-order valence-electron chi connectivity index (χ4n) is 4.14. The molecule has 0 unspecified atom stereocenters. The fraction of sp³-hybridized carbons (Fsp3) is 0.417. The first-order valence-electron chi connectivity index (χ1n) is 10.4. The molecule has 0 aliphatic heterocycles. The van der Waals surface area contributed by atoms with E-state index < -0.39 is 33.1 Å². The summed E-state index contributed by atoms with van der Waals surface area (Å²) in [5.74, 6) is -1.35. The molecule has 0 spiro atoms. The smallest absolute Gasteiger partial charge is 0.328 e. The van der Waals surface area contributed by atoms with Crippen LogP contribution in [0, 0.1) is 27.7 Å². The maximum atomic E-state index is 13.5. The molecule has 0 heterocycles. The summed E-state index contributed by atoms with van der Waals surface area (Å²) in [6.07, 6.45) is 1.63. The van der Waals surface area contributed by atoms with Crippen molar-refractivity contribution in [2.75, 3.05) is 11.9 Å². The summed E-state index contributed by atoms with van der Waals surface area (Å²) in [6, 6.07) is 10.5. The first kappa shape index (κ1) is 23.0. The predicted molar refractivity (Wildman–Crippen MR) is 120 cm³/mol. The summed E-state index contributed by atoms with van der Waals surface area (Å²) in [5, 5.41) is 2.70. The molecule has 0 aromatic heterocycles. The van der Waals surface area contributed by atoms with Crippen LogP contribution in [0.3, 0.4) is 0 Å². The van der Waals surface area contributed by atoms with Crippen molar-refractivity contribution in [1.29, 1.82) is 0 Å². The molecule has 1 aliphatic carbocycles. The van der Waals surface area contributed by atoms with E-state index in [1.54, 1.807) is 12.1 Å². The quantitative estimate of drug-likeness (QED) is 0.676. The summed E-state index contributed by atoms with van der Waals surface area (Å²) in [7, 11) is -3.96. The number of rotatable bonds is 6. The van der Waals surface area contributed by atoms with E-state index in [0.717, 1.165) is 22.3 Å². The molecule has 1 fully saturated rings. The summed E-state index contributed by atoms with van der Waals surface area (Å²) < 4.78 is 30.6. The Bertz CT molecular complexity index is 1090. The Morgan fingerprint density at radius 2 is 1.55 bits per heavy atom. The van der Waals surface area contributed by atoms with Crippen LogP contribution in [0.2, 0.25) is 0 Å². The van der Waals surface area contributed by atoms with Crippen LogP contribution in [0.25, 0.3) is 0 Å². The Labute approximate surface area is 183 Å². The standard InChI is InChI=1S/C24H29NO5S/c1-16-11-17(2)13-20(12-16)25-22(26)15-30-23(27)24(9-5-6-10-24)31(28,29)21-8-7-18(3)19(4)14-21/h7-8,11-14H,5-6,9-10,15H2,1-4H3,(H,25,26). The van der Waals surface area contributed by atoms with Gasteiger partial charge in [0.1, 0.15) is 0 Å². The van der Waals surface area contributed by atoms with Crippen molar-refractivity contribution in [2.24, 2.45) is 0 Å². The second-order valence-electron chi connectivity index (χ2n) is 8.45. The van der Waals surface area contributed by atoms with Gasteiger partial charge in [-0.2, -0.15) is 0 Å². The minimum absolute atomic E-state index is 0.120. The number of carbonyl (C=O) groups is 2. The lowest BCUT2D eigenvalue weighted by Gasteiger charge is -2.26. The SMILES string of the molecule is Cc1cc(C)cc(NC(=O)COC(=O)C2(S(=O)(=O)c3ccc(C)c(C)c3)CCCC2)c1. The molecule has 2 aromatic carbocycles. The van der Waals surface area contributed by atoms with Crippen molar-refractivity contribution < 1.29 is 22.7 Å². The minimum atomic E-state index is -3.96. The zero-order chi connectivity index (χ0) is 22.8. The number of benzene rings is 2. The highest BCUT2D eigenvalue weighted by Gasteiger charge is 2.54. The molecule has 166 valence electrons. The average molecular weight is 444 g/mol. The number of anilines is 1. The van der Waals surface area contributed by atoms with Gasteiger partial charge in [0, 0.05) is 5.69 Å². The van der Waals surface area contributed by atoms with Gasteiger partial charge in [-0.1, -0.05) is 25.0 Å². The topological polar surface area (TPSA) is 89.5 Å². The van der Waals surface area contributed by atoms with E-state index in [2.05, 4.69) is 5.32 Å². The van der Waals surface area contributed by atoms with Crippen LogP contribution in [0.1, 0.15) is 47.9 Å². The van der Waals surface area contributed by atoms with Crippen molar-refractivity contribution in [3.05, 3.63) is 58.7 Å². The van der Waals surface area contributed by atoms with Crippen LogP contribution in [-0.4, -0.2) is 31.6 Å².